The van der Waals surface area contributed by atoms with Crippen LogP contribution in [0.15, 0.2) is 18.2 Å². The Hall–Kier alpha value is -1.45. The highest BCUT2D eigenvalue weighted by Crippen LogP contribution is 2.41. The monoisotopic (exact) mass is 336 g/mol. The third-order valence-electron chi connectivity index (χ3n) is 5.96. The van der Waals surface area contributed by atoms with Crippen LogP contribution in [0.2, 0.25) is 0 Å². The number of hydrogen-bond donors (Lipinski definition) is 0. The Morgan fingerprint density at radius 3 is 2.17 bits per heavy atom. The van der Waals surface area contributed by atoms with Crippen molar-refractivity contribution in [3.8, 4) is 5.75 Å². The van der Waals surface area contributed by atoms with E-state index < -0.39 is 17.6 Å². The SMILES string of the molecule is CC1CCC(C2CCC(C(=O)Oc3cccc(F)c3F)CC2)CC1. The Bertz CT molecular complexity index is 571. The molecule has 1 aromatic rings. The van der Waals surface area contributed by atoms with Crippen molar-refractivity contribution in [3.63, 3.8) is 0 Å². The maximum absolute atomic E-state index is 13.6. The first-order valence-corrected chi connectivity index (χ1v) is 9.20. The smallest absolute Gasteiger partial charge is 0.314 e. The van der Waals surface area contributed by atoms with Crippen LogP contribution >= 0.6 is 0 Å². The summed E-state index contributed by atoms with van der Waals surface area (Å²) in [7, 11) is 0. The highest BCUT2D eigenvalue weighted by atomic mass is 19.2. The lowest BCUT2D eigenvalue weighted by molar-refractivity contribution is -0.140. The molecular formula is C20H26F2O2. The van der Waals surface area contributed by atoms with Crippen LogP contribution in [0.3, 0.4) is 0 Å². The van der Waals surface area contributed by atoms with Gasteiger partial charge in [-0.3, -0.25) is 4.79 Å². The molecule has 2 nitrogen and oxygen atoms in total. The zero-order valence-corrected chi connectivity index (χ0v) is 14.3. The molecule has 24 heavy (non-hydrogen) atoms. The van der Waals surface area contributed by atoms with Crippen LogP contribution in [-0.2, 0) is 4.79 Å². The van der Waals surface area contributed by atoms with E-state index in [1.807, 2.05) is 0 Å². The summed E-state index contributed by atoms with van der Waals surface area (Å²) in [5.74, 6) is -0.614. The summed E-state index contributed by atoms with van der Waals surface area (Å²) in [5, 5.41) is 0. The Morgan fingerprint density at radius 1 is 0.958 bits per heavy atom. The molecule has 0 aromatic heterocycles. The molecule has 0 saturated heterocycles. The number of esters is 1. The molecule has 0 amide bonds. The molecular weight excluding hydrogens is 310 g/mol. The van der Waals surface area contributed by atoms with Gasteiger partial charge in [0.05, 0.1) is 5.92 Å². The first kappa shape index (κ1) is 17.4. The largest absolute Gasteiger partial charge is 0.423 e. The molecule has 132 valence electrons. The minimum Gasteiger partial charge on any atom is -0.423 e. The fraction of sp³-hybridized carbons (Fsp3) is 0.650. The van der Waals surface area contributed by atoms with E-state index >= 15 is 0 Å². The molecule has 3 rings (SSSR count). The summed E-state index contributed by atoms with van der Waals surface area (Å²) in [6, 6.07) is 3.66. The fourth-order valence-electron chi connectivity index (χ4n) is 4.34. The summed E-state index contributed by atoms with van der Waals surface area (Å²) in [5.41, 5.74) is 0. The molecule has 2 fully saturated rings. The molecule has 0 bridgehead atoms. The minimum absolute atomic E-state index is 0.188. The number of ether oxygens (including phenoxy) is 1. The summed E-state index contributed by atoms with van der Waals surface area (Å²) < 4.78 is 31.9. The molecule has 0 unspecified atom stereocenters. The number of carbonyl (C=O) groups excluding carboxylic acids is 1. The normalized spacial score (nSPS) is 30.8. The van der Waals surface area contributed by atoms with Crippen molar-refractivity contribution in [2.24, 2.45) is 23.7 Å². The molecule has 2 aliphatic rings. The van der Waals surface area contributed by atoms with Crippen LogP contribution in [0.4, 0.5) is 8.78 Å². The summed E-state index contributed by atoms with van der Waals surface area (Å²) in [6.07, 6.45) is 8.97. The molecule has 0 spiro atoms. The van der Waals surface area contributed by atoms with Crippen LogP contribution in [0.25, 0.3) is 0 Å². The second-order valence-electron chi connectivity index (χ2n) is 7.60. The van der Waals surface area contributed by atoms with Gasteiger partial charge in [0.2, 0.25) is 5.82 Å². The van der Waals surface area contributed by atoms with Gasteiger partial charge in [0, 0.05) is 0 Å². The zero-order valence-electron chi connectivity index (χ0n) is 14.3. The lowest BCUT2D eigenvalue weighted by Gasteiger charge is -2.36. The lowest BCUT2D eigenvalue weighted by Crippen LogP contribution is -2.30. The van der Waals surface area contributed by atoms with Crippen molar-refractivity contribution < 1.29 is 18.3 Å². The highest BCUT2D eigenvalue weighted by Gasteiger charge is 2.33. The van der Waals surface area contributed by atoms with E-state index in [0.29, 0.717) is 5.92 Å². The quantitative estimate of drug-likeness (QED) is 0.538. The topological polar surface area (TPSA) is 26.3 Å². The van der Waals surface area contributed by atoms with Crippen LogP contribution in [0.1, 0.15) is 58.3 Å². The molecule has 1 aromatic carbocycles. The van der Waals surface area contributed by atoms with Gasteiger partial charge < -0.3 is 4.74 Å². The second-order valence-corrected chi connectivity index (χ2v) is 7.60. The number of hydrogen-bond acceptors (Lipinski definition) is 2. The Morgan fingerprint density at radius 2 is 1.54 bits per heavy atom. The van der Waals surface area contributed by atoms with Gasteiger partial charge in [0.15, 0.2) is 11.6 Å². The maximum Gasteiger partial charge on any atom is 0.314 e. The van der Waals surface area contributed by atoms with E-state index in [1.165, 1.54) is 37.8 Å². The Kier molecular flexibility index (Phi) is 5.52. The van der Waals surface area contributed by atoms with Crippen LogP contribution < -0.4 is 4.74 Å². The number of halogens is 2. The first-order chi connectivity index (χ1) is 11.5. The third-order valence-corrected chi connectivity index (χ3v) is 5.96. The Labute approximate surface area is 142 Å². The van der Waals surface area contributed by atoms with E-state index in [1.54, 1.807) is 0 Å². The predicted octanol–water partition coefficient (Wildman–Crippen LogP) is 5.50. The van der Waals surface area contributed by atoms with E-state index in [0.717, 1.165) is 43.6 Å². The van der Waals surface area contributed by atoms with Gasteiger partial charge in [-0.2, -0.15) is 4.39 Å². The van der Waals surface area contributed by atoms with Crippen molar-refractivity contribution in [2.75, 3.05) is 0 Å². The van der Waals surface area contributed by atoms with E-state index in [4.69, 9.17) is 4.74 Å². The van der Waals surface area contributed by atoms with Crippen molar-refractivity contribution in [3.05, 3.63) is 29.8 Å². The van der Waals surface area contributed by atoms with Gasteiger partial charge in [-0.1, -0.05) is 25.8 Å². The maximum atomic E-state index is 13.6. The molecule has 2 aliphatic carbocycles. The number of benzene rings is 1. The molecule has 0 atom stereocenters. The molecule has 4 heteroatoms. The van der Waals surface area contributed by atoms with Crippen LogP contribution in [0, 0.1) is 35.3 Å². The predicted molar refractivity (Wildman–Crippen MR) is 88.6 cm³/mol. The van der Waals surface area contributed by atoms with Gasteiger partial charge in [-0.25, -0.2) is 4.39 Å². The number of carbonyl (C=O) groups is 1. The Balaban J connectivity index is 1.51. The second kappa shape index (κ2) is 7.62. The van der Waals surface area contributed by atoms with Gasteiger partial charge in [0.25, 0.3) is 0 Å². The van der Waals surface area contributed by atoms with E-state index in [9.17, 15) is 13.6 Å². The number of rotatable bonds is 3. The highest BCUT2D eigenvalue weighted by molar-refractivity contribution is 5.75. The molecule has 0 N–H and O–H groups in total. The minimum atomic E-state index is -1.09. The summed E-state index contributed by atoms with van der Waals surface area (Å²) >= 11 is 0. The van der Waals surface area contributed by atoms with Crippen LogP contribution in [0.5, 0.6) is 5.75 Å². The van der Waals surface area contributed by atoms with Crippen molar-refractivity contribution in [1.29, 1.82) is 0 Å². The molecule has 0 radical (unpaired) electrons. The van der Waals surface area contributed by atoms with Crippen molar-refractivity contribution in [1.82, 2.24) is 0 Å². The van der Waals surface area contributed by atoms with Gasteiger partial charge in [0.1, 0.15) is 0 Å². The lowest BCUT2D eigenvalue weighted by atomic mass is 9.69. The van der Waals surface area contributed by atoms with E-state index in [2.05, 4.69) is 6.92 Å². The van der Waals surface area contributed by atoms with Crippen molar-refractivity contribution in [2.45, 2.75) is 58.3 Å². The first-order valence-electron chi connectivity index (χ1n) is 9.20. The summed E-state index contributed by atoms with van der Waals surface area (Å²) in [6.45, 7) is 2.33. The average Bonchev–Trinajstić information content (AvgIpc) is 2.60. The zero-order chi connectivity index (χ0) is 17.1. The van der Waals surface area contributed by atoms with Crippen LogP contribution in [-0.4, -0.2) is 5.97 Å². The van der Waals surface area contributed by atoms with Crippen molar-refractivity contribution >= 4 is 5.97 Å². The standard InChI is InChI=1S/C20H26F2O2/c1-13-5-7-14(8-6-13)15-9-11-16(12-10-15)20(23)24-18-4-2-3-17(21)19(18)22/h2-4,13-16H,5-12H2,1H3. The van der Waals surface area contributed by atoms with Gasteiger partial charge in [-0.15, -0.1) is 0 Å². The third kappa shape index (κ3) is 3.96. The fourth-order valence-corrected chi connectivity index (χ4v) is 4.34. The molecule has 2 saturated carbocycles. The molecule has 0 aliphatic heterocycles. The molecule has 0 heterocycles. The van der Waals surface area contributed by atoms with Gasteiger partial charge >= 0.3 is 5.97 Å². The summed E-state index contributed by atoms with van der Waals surface area (Å²) in [4.78, 5) is 12.2. The van der Waals surface area contributed by atoms with Gasteiger partial charge in [-0.05, 0) is 68.4 Å². The average molecular weight is 336 g/mol. The van der Waals surface area contributed by atoms with E-state index in [-0.39, 0.29) is 11.7 Å².